The van der Waals surface area contributed by atoms with E-state index in [2.05, 4.69) is 9.68 Å². The smallest absolute Gasteiger partial charge is 0.0723 e. The van der Waals surface area contributed by atoms with Crippen LogP contribution in [0.3, 0.4) is 0 Å². The highest BCUT2D eigenvalue weighted by Crippen LogP contribution is 2.28. The topological polar surface area (TPSA) is 41.5 Å². The van der Waals surface area contributed by atoms with Crippen LogP contribution in [0.25, 0.3) is 0 Å². The number of nitrogens with zero attached hydrogens (tertiary/aromatic N) is 1. The van der Waals surface area contributed by atoms with Crippen LogP contribution in [0.2, 0.25) is 0 Å². The lowest BCUT2D eigenvalue weighted by Crippen LogP contribution is -2.14. The van der Waals surface area contributed by atoms with Crippen molar-refractivity contribution in [2.75, 3.05) is 25.2 Å². The molecule has 0 spiro atoms. The quantitative estimate of drug-likeness (QED) is 0.794. The predicted molar refractivity (Wildman–Crippen MR) is 63.9 cm³/mol. The number of anilines is 1. The molecule has 0 amide bonds. The van der Waals surface area contributed by atoms with Gasteiger partial charge in [-0.3, -0.25) is 0 Å². The number of hydrogen-bond acceptors (Lipinski definition) is 3. The van der Waals surface area contributed by atoms with Crippen molar-refractivity contribution in [2.24, 2.45) is 4.36 Å². The van der Waals surface area contributed by atoms with Crippen LogP contribution in [0.15, 0.2) is 27.5 Å². The fraction of sp³-hybridized carbons (Fsp3) is 0.455. The van der Waals surface area contributed by atoms with E-state index in [1.807, 2.05) is 18.2 Å². The van der Waals surface area contributed by atoms with Crippen LogP contribution in [-0.2, 0) is 16.1 Å². The van der Waals surface area contributed by atoms with Gasteiger partial charge in [0.2, 0.25) is 0 Å². The Balaban J connectivity index is 2.63. The van der Waals surface area contributed by atoms with Crippen LogP contribution < -0.4 is 5.32 Å². The summed E-state index contributed by atoms with van der Waals surface area (Å²) in [7, 11) is -0.582. The van der Waals surface area contributed by atoms with E-state index < -0.39 is 9.73 Å². The molecule has 0 aliphatic carbocycles. The van der Waals surface area contributed by atoms with Gasteiger partial charge in [-0.1, -0.05) is 6.07 Å². The second-order valence-corrected chi connectivity index (χ2v) is 6.21. The minimum atomic E-state index is -2.20. The monoisotopic (exact) mass is 224 g/mol. The third-order valence-electron chi connectivity index (χ3n) is 2.81. The Labute approximate surface area is 91.1 Å². The van der Waals surface area contributed by atoms with Gasteiger partial charge in [-0.25, -0.2) is 8.57 Å². The van der Waals surface area contributed by atoms with E-state index in [1.165, 1.54) is 5.56 Å². The molecule has 1 unspecified atom stereocenters. The first-order valence-corrected chi connectivity index (χ1v) is 7.03. The van der Waals surface area contributed by atoms with Gasteiger partial charge in [-0.15, -0.1) is 0 Å². The van der Waals surface area contributed by atoms with Gasteiger partial charge in [0.25, 0.3) is 0 Å². The molecule has 1 aromatic rings. The molecule has 0 saturated carbocycles. The predicted octanol–water partition coefficient (Wildman–Crippen LogP) is 2.13. The molecular formula is C11H16N2OS. The molecule has 3 nitrogen and oxygen atoms in total. The largest absolute Gasteiger partial charge is 0.385 e. The van der Waals surface area contributed by atoms with Gasteiger partial charge in [0.05, 0.1) is 14.6 Å². The summed E-state index contributed by atoms with van der Waals surface area (Å²) in [5, 5.41) is 3.33. The van der Waals surface area contributed by atoms with E-state index in [-0.39, 0.29) is 0 Å². The Morgan fingerprint density at radius 1 is 1.47 bits per heavy atom. The van der Waals surface area contributed by atoms with Crippen molar-refractivity contribution in [1.29, 1.82) is 0 Å². The maximum Gasteiger partial charge on any atom is 0.0723 e. The molecule has 0 fully saturated rings. The minimum Gasteiger partial charge on any atom is -0.385 e. The van der Waals surface area contributed by atoms with E-state index in [4.69, 9.17) is 0 Å². The van der Waals surface area contributed by atoms with Gasteiger partial charge in [0.1, 0.15) is 0 Å². The average molecular weight is 224 g/mol. The second-order valence-electron chi connectivity index (χ2n) is 3.80. The highest BCUT2D eigenvalue weighted by atomic mass is 32.2. The highest BCUT2D eigenvalue weighted by molar-refractivity contribution is 7.93. The van der Waals surface area contributed by atoms with Gasteiger partial charge in [0, 0.05) is 25.5 Å². The fourth-order valence-corrected chi connectivity index (χ4v) is 3.13. The molecule has 4 heteroatoms. The van der Waals surface area contributed by atoms with Crippen LogP contribution in [0.4, 0.5) is 5.69 Å². The van der Waals surface area contributed by atoms with Crippen LogP contribution in [0.1, 0.15) is 12.0 Å². The molecule has 1 aliphatic heterocycles. The van der Waals surface area contributed by atoms with Gasteiger partial charge in [0.15, 0.2) is 0 Å². The van der Waals surface area contributed by atoms with Crippen LogP contribution in [-0.4, -0.2) is 24.1 Å². The van der Waals surface area contributed by atoms with Crippen molar-refractivity contribution in [2.45, 2.75) is 17.7 Å². The van der Waals surface area contributed by atoms with Crippen molar-refractivity contribution >= 4 is 15.4 Å². The van der Waals surface area contributed by atoms with Gasteiger partial charge in [-0.05, 0) is 30.5 Å². The van der Waals surface area contributed by atoms with Crippen LogP contribution in [0.5, 0.6) is 0 Å². The van der Waals surface area contributed by atoms with E-state index in [0.29, 0.717) is 0 Å². The molecule has 15 heavy (non-hydrogen) atoms. The molecule has 2 rings (SSSR count). The summed E-state index contributed by atoms with van der Waals surface area (Å²) in [4.78, 5) is 0.898. The summed E-state index contributed by atoms with van der Waals surface area (Å²) < 4.78 is 16.2. The standard InChI is InChI=1S/C11H16N2OS/c1-12-15(2,14)11-7-3-6-10-9(11)5-4-8-13-10/h3,6-7,13H,4-5,8H2,1-2H3. The van der Waals surface area contributed by atoms with Crippen molar-refractivity contribution in [3.05, 3.63) is 23.8 Å². The Morgan fingerprint density at radius 3 is 3.00 bits per heavy atom. The number of hydrogen-bond donors (Lipinski definition) is 1. The van der Waals surface area contributed by atoms with E-state index >= 15 is 0 Å². The zero-order chi connectivity index (χ0) is 10.9. The average Bonchev–Trinajstić information content (AvgIpc) is 2.28. The van der Waals surface area contributed by atoms with Gasteiger partial charge >= 0.3 is 0 Å². The fourth-order valence-electron chi connectivity index (χ4n) is 1.93. The Hall–Kier alpha value is -1.03. The lowest BCUT2D eigenvalue weighted by atomic mass is 10.0. The molecule has 0 radical (unpaired) electrons. The normalized spacial score (nSPS) is 18.5. The zero-order valence-electron chi connectivity index (χ0n) is 9.12. The summed E-state index contributed by atoms with van der Waals surface area (Å²) >= 11 is 0. The lowest BCUT2D eigenvalue weighted by Gasteiger charge is -2.21. The SMILES string of the molecule is CN=S(C)(=O)c1cccc2c1CCCN2. The molecule has 0 aromatic heterocycles. The summed E-state index contributed by atoms with van der Waals surface area (Å²) in [6.07, 6.45) is 3.80. The summed E-state index contributed by atoms with van der Waals surface area (Å²) in [6.45, 7) is 1.00. The maximum atomic E-state index is 12.2. The molecule has 1 aromatic carbocycles. The Bertz CT molecular complexity index is 487. The van der Waals surface area contributed by atoms with Crippen molar-refractivity contribution in [3.8, 4) is 0 Å². The first-order valence-electron chi connectivity index (χ1n) is 5.11. The molecule has 1 aliphatic rings. The third kappa shape index (κ3) is 1.86. The number of fused-ring (bicyclic) bond motifs is 1. The summed E-state index contributed by atoms with van der Waals surface area (Å²) in [5.74, 6) is 0. The molecule has 0 bridgehead atoms. The van der Waals surface area contributed by atoms with Crippen LogP contribution in [0, 0.1) is 0 Å². The molecule has 1 N–H and O–H groups in total. The Kier molecular flexibility index (Phi) is 2.69. The van der Waals surface area contributed by atoms with Crippen molar-refractivity contribution < 1.29 is 4.21 Å². The van der Waals surface area contributed by atoms with E-state index in [0.717, 1.165) is 30.0 Å². The molecule has 0 saturated heterocycles. The molecule has 1 atom stereocenters. The number of nitrogens with one attached hydrogen (secondary N) is 1. The van der Waals surface area contributed by atoms with Crippen molar-refractivity contribution in [3.63, 3.8) is 0 Å². The van der Waals surface area contributed by atoms with Gasteiger partial charge < -0.3 is 5.32 Å². The molecule has 82 valence electrons. The van der Waals surface area contributed by atoms with Crippen molar-refractivity contribution in [1.82, 2.24) is 0 Å². The second kappa shape index (κ2) is 3.85. The maximum absolute atomic E-state index is 12.2. The third-order valence-corrected chi connectivity index (χ3v) is 4.70. The summed E-state index contributed by atoms with van der Waals surface area (Å²) in [6, 6.07) is 5.92. The van der Waals surface area contributed by atoms with Gasteiger partial charge in [-0.2, -0.15) is 0 Å². The summed E-state index contributed by atoms with van der Waals surface area (Å²) in [5.41, 5.74) is 2.30. The first-order chi connectivity index (χ1) is 7.15. The van der Waals surface area contributed by atoms with Crippen LogP contribution >= 0.6 is 0 Å². The lowest BCUT2D eigenvalue weighted by molar-refractivity contribution is 0.678. The number of rotatable bonds is 1. The van der Waals surface area contributed by atoms with E-state index in [9.17, 15) is 4.21 Å². The highest BCUT2D eigenvalue weighted by Gasteiger charge is 2.16. The Morgan fingerprint density at radius 2 is 2.27 bits per heavy atom. The number of benzene rings is 1. The van der Waals surface area contributed by atoms with E-state index in [1.54, 1.807) is 13.3 Å². The zero-order valence-corrected chi connectivity index (χ0v) is 9.93. The molecular weight excluding hydrogens is 208 g/mol. The molecule has 1 heterocycles. The minimum absolute atomic E-state index is 0.898. The first kappa shape index (κ1) is 10.5.